The van der Waals surface area contributed by atoms with E-state index >= 15 is 0 Å². The summed E-state index contributed by atoms with van der Waals surface area (Å²) in [6.45, 7) is 4.74. The summed E-state index contributed by atoms with van der Waals surface area (Å²) < 4.78 is 5.04. The van der Waals surface area contributed by atoms with Crippen LogP contribution in [0.5, 0.6) is 0 Å². The van der Waals surface area contributed by atoms with Crippen LogP contribution in [0, 0.1) is 17.8 Å². The summed E-state index contributed by atoms with van der Waals surface area (Å²) in [5.74, 6) is 3.12. The Morgan fingerprint density at radius 1 is 1.40 bits per heavy atom. The van der Waals surface area contributed by atoms with E-state index in [9.17, 15) is 4.79 Å². The number of primary amides is 1. The predicted molar refractivity (Wildman–Crippen MR) is 56.9 cm³/mol. The van der Waals surface area contributed by atoms with Crippen LogP contribution in [0.4, 0.5) is 0 Å². The molecule has 0 aromatic rings. The van der Waals surface area contributed by atoms with E-state index in [1.54, 1.807) is 12.8 Å². The van der Waals surface area contributed by atoms with Crippen LogP contribution in [0.2, 0.25) is 0 Å². The zero-order valence-electron chi connectivity index (χ0n) is 9.40. The zero-order chi connectivity index (χ0) is 11.0. The van der Waals surface area contributed by atoms with Crippen LogP contribution in [0.1, 0.15) is 26.7 Å². The number of fused-ring (bicyclic) bond motifs is 1. The van der Waals surface area contributed by atoms with E-state index in [1.165, 1.54) is 11.8 Å². The van der Waals surface area contributed by atoms with Gasteiger partial charge in [0, 0.05) is 6.54 Å². The Kier molecular flexibility index (Phi) is 2.98. The lowest BCUT2D eigenvalue weighted by Gasteiger charge is -2.18. The second kappa shape index (κ2) is 4.10. The first kappa shape index (κ1) is 10.9. The SMILES string of the molecule is CC1CC2CC12.CC1NCC(C(N)=O)O1. The smallest absolute Gasteiger partial charge is 0.247 e. The van der Waals surface area contributed by atoms with Crippen molar-refractivity contribution < 1.29 is 9.53 Å². The van der Waals surface area contributed by atoms with Crippen LogP contribution in [-0.4, -0.2) is 24.8 Å². The van der Waals surface area contributed by atoms with Gasteiger partial charge in [0.05, 0.1) is 0 Å². The average molecular weight is 212 g/mol. The molecule has 0 spiro atoms. The molecule has 2 aliphatic carbocycles. The largest absolute Gasteiger partial charge is 0.367 e. The number of nitrogens with one attached hydrogen (secondary N) is 1. The molecular weight excluding hydrogens is 192 g/mol. The van der Waals surface area contributed by atoms with Gasteiger partial charge >= 0.3 is 0 Å². The Balaban J connectivity index is 0.000000121. The summed E-state index contributed by atoms with van der Waals surface area (Å²) >= 11 is 0. The highest BCUT2D eigenvalue weighted by Gasteiger charge is 2.50. The van der Waals surface area contributed by atoms with E-state index < -0.39 is 12.0 Å². The summed E-state index contributed by atoms with van der Waals surface area (Å²) in [5.41, 5.74) is 4.96. The van der Waals surface area contributed by atoms with Gasteiger partial charge in [-0.1, -0.05) is 6.92 Å². The van der Waals surface area contributed by atoms with Gasteiger partial charge in [-0.15, -0.1) is 0 Å². The van der Waals surface area contributed by atoms with Crippen molar-refractivity contribution in [1.82, 2.24) is 5.32 Å². The lowest BCUT2D eigenvalue weighted by molar-refractivity contribution is -0.127. The number of ether oxygens (including phenoxy) is 1. The summed E-state index contributed by atoms with van der Waals surface area (Å²) in [6.07, 6.45) is 2.65. The Hall–Kier alpha value is -0.610. The van der Waals surface area contributed by atoms with E-state index in [0.29, 0.717) is 6.54 Å². The monoisotopic (exact) mass is 212 g/mol. The van der Waals surface area contributed by atoms with Crippen molar-refractivity contribution in [2.24, 2.45) is 23.5 Å². The molecule has 15 heavy (non-hydrogen) atoms. The van der Waals surface area contributed by atoms with Gasteiger partial charge in [-0.2, -0.15) is 0 Å². The second-order valence-electron chi connectivity index (χ2n) is 4.95. The van der Waals surface area contributed by atoms with Crippen molar-refractivity contribution in [2.75, 3.05) is 6.54 Å². The van der Waals surface area contributed by atoms with Crippen LogP contribution in [-0.2, 0) is 9.53 Å². The number of amides is 1. The molecule has 1 aliphatic heterocycles. The first-order valence-electron chi connectivity index (χ1n) is 5.76. The van der Waals surface area contributed by atoms with E-state index in [4.69, 9.17) is 10.5 Å². The minimum Gasteiger partial charge on any atom is -0.367 e. The standard InChI is InChI=1S/C6H10.C5H10N2O2/c1-4-2-5-3-6(4)5;1-3-7-2-4(9-3)5(6)8/h4-6H,2-3H2,1H3;3-4,7H,2H2,1H3,(H2,6,8). The Morgan fingerprint density at radius 2 is 2.13 bits per heavy atom. The van der Waals surface area contributed by atoms with Crippen LogP contribution in [0.25, 0.3) is 0 Å². The van der Waals surface area contributed by atoms with Gasteiger partial charge in [-0.25, -0.2) is 0 Å². The molecule has 86 valence electrons. The Bertz CT molecular complexity index is 257. The van der Waals surface area contributed by atoms with Gasteiger partial charge in [-0.05, 0) is 37.5 Å². The van der Waals surface area contributed by atoms with E-state index in [1.807, 2.05) is 6.92 Å². The molecule has 3 rings (SSSR count). The van der Waals surface area contributed by atoms with Gasteiger partial charge < -0.3 is 10.5 Å². The van der Waals surface area contributed by atoms with Gasteiger partial charge in [0.15, 0.2) is 6.10 Å². The van der Waals surface area contributed by atoms with Gasteiger partial charge in [0.2, 0.25) is 5.91 Å². The maximum Gasteiger partial charge on any atom is 0.247 e. The quantitative estimate of drug-likeness (QED) is 0.664. The normalized spacial score (nSPS) is 45.9. The third-order valence-electron chi connectivity index (χ3n) is 3.66. The van der Waals surface area contributed by atoms with E-state index in [-0.39, 0.29) is 6.23 Å². The molecule has 4 nitrogen and oxygen atoms in total. The molecule has 4 heteroatoms. The molecule has 3 aliphatic rings. The van der Waals surface area contributed by atoms with Crippen molar-refractivity contribution in [1.29, 1.82) is 0 Å². The molecule has 2 saturated carbocycles. The number of hydrogen-bond donors (Lipinski definition) is 2. The fraction of sp³-hybridized carbons (Fsp3) is 0.909. The lowest BCUT2D eigenvalue weighted by atomic mass is 9.88. The van der Waals surface area contributed by atoms with Gasteiger partial charge in [0.1, 0.15) is 6.23 Å². The molecule has 5 unspecified atom stereocenters. The molecule has 0 bridgehead atoms. The van der Waals surface area contributed by atoms with Crippen molar-refractivity contribution in [2.45, 2.75) is 39.0 Å². The van der Waals surface area contributed by atoms with Gasteiger partial charge in [-0.3, -0.25) is 10.1 Å². The first-order chi connectivity index (χ1) is 7.08. The topological polar surface area (TPSA) is 64.3 Å². The number of rotatable bonds is 1. The van der Waals surface area contributed by atoms with Crippen molar-refractivity contribution >= 4 is 5.91 Å². The minimum atomic E-state index is -0.431. The fourth-order valence-electron chi connectivity index (χ4n) is 2.48. The molecule has 0 radical (unpaired) electrons. The third kappa shape index (κ3) is 2.49. The summed E-state index contributed by atoms with van der Waals surface area (Å²) in [6, 6.07) is 0. The maximum absolute atomic E-state index is 10.4. The molecule has 0 aromatic heterocycles. The average Bonchev–Trinajstić information content (AvgIpc) is 2.63. The Labute approximate surface area is 90.5 Å². The predicted octanol–water partition coefficient (Wildman–Crippen LogP) is 0.468. The van der Waals surface area contributed by atoms with Crippen molar-refractivity contribution in [3.05, 3.63) is 0 Å². The Morgan fingerprint density at radius 3 is 2.27 bits per heavy atom. The molecule has 0 aromatic carbocycles. The lowest BCUT2D eigenvalue weighted by Crippen LogP contribution is -2.31. The highest BCUT2D eigenvalue weighted by atomic mass is 16.5. The first-order valence-corrected chi connectivity index (χ1v) is 5.76. The van der Waals surface area contributed by atoms with Gasteiger partial charge in [0.25, 0.3) is 0 Å². The second-order valence-corrected chi connectivity index (χ2v) is 4.95. The highest BCUT2D eigenvalue weighted by Crippen LogP contribution is 2.59. The van der Waals surface area contributed by atoms with Crippen molar-refractivity contribution in [3.63, 3.8) is 0 Å². The highest BCUT2D eigenvalue weighted by molar-refractivity contribution is 5.79. The number of hydrogen-bond acceptors (Lipinski definition) is 3. The molecule has 3 fully saturated rings. The fourth-order valence-corrected chi connectivity index (χ4v) is 2.48. The van der Waals surface area contributed by atoms with Crippen LogP contribution in [0.15, 0.2) is 0 Å². The van der Waals surface area contributed by atoms with E-state index in [2.05, 4.69) is 12.2 Å². The number of carbonyl (C=O) groups is 1. The maximum atomic E-state index is 10.4. The van der Waals surface area contributed by atoms with Crippen LogP contribution in [0.3, 0.4) is 0 Å². The number of carbonyl (C=O) groups excluding carboxylic acids is 1. The summed E-state index contributed by atoms with van der Waals surface area (Å²) in [4.78, 5) is 10.4. The zero-order valence-corrected chi connectivity index (χ0v) is 9.40. The molecule has 1 heterocycles. The molecule has 1 amide bonds. The van der Waals surface area contributed by atoms with Crippen LogP contribution >= 0.6 is 0 Å². The minimum absolute atomic E-state index is 0.0394. The van der Waals surface area contributed by atoms with Crippen molar-refractivity contribution in [3.8, 4) is 0 Å². The molecule has 5 atom stereocenters. The summed E-state index contributed by atoms with van der Waals surface area (Å²) in [5, 5.41) is 2.93. The van der Waals surface area contributed by atoms with Crippen LogP contribution < -0.4 is 11.1 Å². The molecular formula is C11H20N2O2. The molecule has 3 N–H and O–H groups in total. The molecule has 1 saturated heterocycles. The summed E-state index contributed by atoms with van der Waals surface area (Å²) in [7, 11) is 0. The number of nitrogens with two attached hydrogens (primary N) is 1. The third-order valence-corrected chi connectivity index (χ3v) is 3.66. The van der Waals surface area contributed by atoms with E-state index in [0.717, 1.165) is 5.92 Å².